The molecule has 11 nitrogen and oxygen atoms in total. The van der Waals surface area contributed by atoms with E-state index >= 15 is 0 Å². The van der Waals surface area contributed by atoms with E-state index in [-0.39, 0.29) is 30.5 Å². The van der Waals surface area contributed by atoms with Crippen molar-refractivity contribution in [3.8, 4) is 22.9 Å². The number of nitrogens with zero attached hydrogens (tertiary/aromatic N) is 5. The number of aromatic nitrogens is 5. The molecule has 0 saturated carbocycles. The summed E-state index contributed by atoms with van der Waals surface area (Å²) in [7, 11) is 0. The third-order valence-corrected chi connectivity index (χ3v) is 4.33. The van der Waals surface area contributed by atoms with Gasteiger partial charge in [0.1, 0.15) is 29.3 Å². The third-order valence-electron chi connectivity index (χ3n) is 4.33. The number of primary amides is 1. The quantitative estimate of drug-likeness (QED) is 0.399. The van der Waals surface area contributed by atoms with Crippen LogP contribution in [0, 0.1) is 5.82 Å². The topological polar surface area (TPSA) is 154 Å². The summed E-state index contributed by atoms with van der Waals surface area (Å²) in [5.41, 5.74) is 6.85. The standard InChI is InChI=1S/C20H17FN8O3/c21-13-4-2-1-3-12(13)11-29-16(14-6-8-32-28-14)9-15(27-29)19-23-7-5-17(26-19)25-18(30)10-24-20(22)31/h1-9H,10-11H2,(H3,22,24,31)(H,23,25,26,30). The molecule has 0 atom stereocenters. The first-order chi connectivity index (χ1) is 15.5. The molecule has 4 aromatic rings. The van der Waals surface area contributed by atoms with Crippen molar-refractivity contribution in [1.29, 1.82) is 0 Å². The molecule has 0 saturated heterocycles. The molecule has 0 unspecified atom stereocenters. The highest BCUT2D eigenvalue weighted by Gasteiger charge is 2.17. The molecule has 162 valence electrons. The van der Waals surface area contributed by atoms with Crippen molar-refractivity contribution in [1.82, 2.24) is 30.2 Å². The lowest BCUT2D eigenvalue weighted by Crippen LogP contribution is -2.36. The Bertz CT molecular complexity index is 1260. The van der Waals surface area contributed by atoms with Crippen LogP contribution in [0.3, 0.4) is 0 Å². The fraction of sp³-hybridized carbons (Fsp3) is 0.100. The van der Waals surface area contributed by atoms with Gasteiger partial charge in [0.25, 0.3) is 0 Å². The van der Waals surface area contributed by atoms with Crippen molar-refractivity contribution in [2.45, 2.75) is 6.54 Å². The molecule has 0 aliphatic rings. The van der Waals surface area contributed by atoms with E-state index in [4.69, 9.17) is 10.3 Å². The summed E-state index contributed by atoms with van der Waals surface area (Å²) in [5.74, 6) is -0.441. The Balaban J connectivity index is 1.63. The number of hydrogen-bond donors (Lipinski definition) is 3. The Morgan fingerprint density at radius 3 is 2.75 bits per heavy atom. The van der Waals surface area contributed by atoms with E-state index in [0.717, 1.165) is 0 Å². The first-order valence-corrected chi connectivity index (χ1v) is 9.38. The van der Waals surface area contributed by atoms with Crippen LogP contribution in [0.2, 0.25) is 0 Å². The number of amides is 3. The molecule has 0 radical (unpaired) electrons. The van der Waals surface area contributed by atoms with E-state index in [1.165, 1.54) is 24.6 Å². The van der Waals surface area contributed by atoms with Crippen LogP contribution in [0.15, 0.2) is 59.4 Å². The van der Waals surface area contributed by atoms with Gasteiger partial charge in [-0.1, -0.05) is 23.4 Å². The number of urea groups is 1. The summed E-state index contributed by atoms with van der Waals surface area (Å²) in [4.78, 5) is 31.1. The maximum absolute atomic E-state index is 14.2. The van der Waals surface area contributed by atoms with Gasteiger partial charge in [-0.25, -0.2) is 19.2 Å². The average molecular weight is 436 g/mol. The molecule has 0 bridgehead atoms. The van der Waals surface area contributed by atoms with Crippen molar-refractivity contribution in [3.63, 3.8) is 0 Å². The van der Waals surface area contributed by atoms with Crippen LogP contribution in [-0.2, 0) is 11.3 Å². The largest absolute Gasteiger partial charge is 0.364 e. The van der Waals surface area contributed by atoms with Gasteiger partial charge in [-0.2, -0.15) is 5.10 Å². The Labute approximate surface area is 180 Å². The Hall–Kier alpha value is -4.61. The zero-order chi connectivity index (χ0) is 22.5. The lowest BCUT2D eigenvalue weighted by Gasteiger charge is -2.07. The Morgan fingerprint density at radius 1 is 1.16 bits per heavy atom. The van der Waals surface area contributed by atoms with E-state index in [2.05, 4.69) is 30.9 Å². The highest BCUT2D eigenvalue weighted by Crippen LogP contribution is 2.25. The second kappa shape index (κ2) is 9.04. The maximum Gasteiger partial charge on any atom is 0.312 e. The van der Waals surface area contributed by atoms with Gasteiger partial charge in [0.15, 0.2) is 5.82 Å². The zero-order valence-electron chi connectivity index (χ0n) is 16.5. The maximum atomic E-state index is 14.2. The van der Waals surface area contributed by atoms with E-state index in [9.17, 15) is 14.0 Å². The number of carbonyl (C=O) groups excluding carboxylic acids is 2. The van der Waals surface area contributed by atoms with Gasteiger partial charge < -0.3 is 20.9 Å². The minimum absolute atomic E-state index is 0.143. The number of benzene rings is 1. The predicted octanol–water partition coefficient (Wildman–Crippen LogP) is 1.79. The molecule has 4 rings (SSSR count). The number of carbonyl (C=O) groups is 2. The smallest absolute Gasteiger partial charge is 0.312 e. The van der Waals surface area contributed by atoms with Gasteiger partial charge in [0.2, 0.25) is 5.91 Å². The number of rotatable bonds is 7. The van der Waals surface area contributed by atoms with Gasteiger partial charge in [0, 0.05) is 17.8 Å². The lowest BCUT2D eigenvalue weighted by atomic mass is 10.2. The summed E-state index contributed by atoms with van der Waals surface area (Å²) >= 11 is 0. The third kappa shape index (κ3) is 4.75. The molecule has 1 aromatic carbocycles. The first kappa shape index (κ1) is 20.7. The van der Waals surface area contributed by atoms with Gasteiger partial charge in [-0.15, -0.1) is 0 Å². The summed E-state index contributed by atoms with van der Waals surface area (Å²) in [6.07, 6.45) is 2.87. The number of halogens is 1. The Kier molecular flexibility index (Phi) is 5.83. The van der Waals surface area contributed by atoms with Crippen LogP contribution in [-0.4, -0.2) is 43.4 Å². The summed E-state index contributed by atoms with van der Waals surface area (Å²) in [6.45, 7) is -0.160. The number of nitrogens with two attached hydrogens (primary N) is 1. The Morgan fingerprint density at radius 2 is 2.00 bits per heavy atom. The van der Waals surface area contributed by atoms with Crippen LogP contribution < -0.4 is 16.4 Å². The predicted molar refractivity (Wildman–Crippen MR) is 110 cm³/mol. The zero-order valence-corrected chi connectivity index (χ0v) is 16.5. The van der Waals surface area contributed by atoms with Gasteiger partial charge >= 0.3 is 6.03 Å². The molecule has 32 heavy (non-hydrogen) atoms. The molecular weight excluding hydrogens is 419 g/mol. The number of nitrogens with one attached hydrogen (secondary N) is 2. The summed E-state index contributed by atoms with van der Waals surface area (Å²) in [6, 6.07) is 10.4. The lowest BCUT2D eigenvalue weighted by molar-refractivity contribution is -0.115. The van der Waals surface area contributed by atoms with Gasteiger partial charge in [-0.05, 0) is 18.2 Å². The van der Waals surface area contributed by atoms with Crippen molar-refractivity contribution in [2.75, 3.05) is 11.9 Å². The molecule has 0 aliphatic heterocycles. The van der Waals surface area contributed by atoms with E-state index < -0.39 is 11.9 Å². The SMILES string of the molecule is NC(=O)NCC(=O)Nc1ccnc(-c2cc(-c3ccon3)n(Cc3ccccc3F)n2)n1. The highest BCUT2D eigenvalue weighted by atomic mass is 19.1. The monoisotopic (exact) mass is 436 g/mol. The number of anilines is 1. The van der Waals surface area contributed by atoms with Crippen LogP contribution in [0.1, 0.15) is 5.56 Å². The van der Waals surface area contributed by atoms with Gasteiger partial charge in [-0.3, -0.25) is 9.48 Å². The van der Waals surface area contributed by atoms with Gasteiger partial charge in [0.05, 0.1) is 18.8 Å². The minimum atomic E-state index is -0.815. The molecule has 0 fully saturated rings. The molecule has 12 heteroatoms. The average Bonchev–Trinajstić information content (AvgIpc) is 3.44. The van der Waals surface area contributed by atoms with Crippen molar-refractivity contribution in [3.05, 3.63) is 66.3 Å². The van der Waals surface area contributed by atoms with E-state index in [0.29, 0.717) is 22.6 Å². The normalized spacial score (nSPS) is 10.7. The molecule has 3 aromatic heterocycles. The highest BCUT2D eigenvalue weighted by molar-refractivity contribution is 5.93. The van der Waals surface area contributed by atoms with Crippen molar-refractivity contribution < 1.29 is 18.5 Å². The van der Waals surface area contributed by atoms with E-state index in [1.807, 2.05) is 0 Å². The first-order valence-electron chi connectivity index (χ1n) is 9.38. The molecule has 0 spiro atoms. The fourth-order valence-corrected chi connectivity index (χ4v) is 2.89. The van der Waals surface area contributed by atoms with Crippen molar-refractivity contribution in [2.24, 2.45) is 5.73 Å². The molecule has 0 aliphatic carbocycles. The second-order valence-electron chi connectivity index (χ2n) is 6.58. The minimum Gasteiger partial charge on any atom is -0.364 e. The molecule has 3 amide bonds. The molecular formula is C20H17FN8O3. The second-order valence-corrected chi connectivity index (χ2v) is 6.58. The molecule has 4 N–H and O–H groups in total. The van der Waals surface area contributed by atoms with E-state index in [1.54, 1.807) is 35.0 Å². The van der Waals surface area contributed by atoms with Crippen molar-refractivity contribution >= 4 is 17.8 Å². The van der Waals surface area contributed by atoms with Crippen LogP contribution >= 0.6 is 0 Å². The fourth-order valence-electron chi connectivity index (χ4n) is 2.89. The van der Waals surface area contributed by atoms with Crippen LogP contribution in [0.25, 0.3) is 22.9 Å². The van der Waals surface area contributed by atoms with Crippen LogP contribution in [0.4, 0.5) is 15.0 Å². The summed E-state index contributed by atoms with van der Waals surface area (Å²) < 4.78 is 20.7. The molecule has 3 heterocycles. The number of hydrogen-bond acceptors (Lipinski definition) is 7. The van der Waals surface area contributed by atoms with Crippen LogP contribution in [0.5, 0.6) is 0 Å². The summed E-state index contributed by atoms with van der Waals surface area (Å²) in [5, 5.41) is 13.2.